The molecule has 5 heteroatoms. The van der Waals surface area contributed by atoms with Crippen LogP contribution in [0.2, 0.25) is 0 Å². The van der Waals surface area contributed by atoms with Crippen molar-refractivity contribution in [2.45, 2.75) is 13.5 Å². The summed E-state index contributed by atoms with van der Waals surface area (Å²) in [5.74, 6) is 2.33. The highest BCUT2D eigenvalue weighted by Gasteiger charge is 2.08. The summed E-state index contributed by atoms with van der Waals surface area (Å²) in [6.45, 7) is 2.63. The van der Waals surface area contributed by atoms with E-state index in [4.69, 9.17) is 4.74 Å². The van der Waals surface area contributed by atoms with Crippen molar-refractivity contribution in [3.63, 3.8) is 0 Å². The van der Waals surface area contributed by atoms with Crippen LogP contribution in [0.25, 0.3) is 0 Å². The van der Waals surface area contributed by atoms with Gasteiger partial charge in [0.05, 0.1) is 7.11 Å². The third-order valence-corrected chi connectivity index (χ3v) is 3.94. The molecule has 0 aliphatic carbocycles. The number of methoxy groups -OCH3 is 1. The van der Waals surface area contributed by atoms with Crippen LogP contribution in [-0.2, 0) is 6.54 Å². The molecule has 0 radical (unpaired) electrons. The van der Waals surface area contributed by atoms with Crippen LogP contribution in [0.4, 0.5) is 17.5 Å². The molecule has 0 saturated carbocycles. The summed E-state index contributed by atoms with van der Waals surface area (Å²) in [4.78, 5) is 11.2. The van der Waals surface area contributed by atoms with E-state index in [0.29, 0.717) is 12.5 Å². The second kappa shape index (κ2) is 7.66. The standard InChI is InChI=1S/C20H22N4O/c1-15-13-19(24(2)17-7-5-4-6-8-17)23-20(22-15)21-14-16-9-11-18(25-3)12-10-16/h4-13H,14H2,1-3H3,(H,21,22,23). The van der Waals surface area contributed by atoms with Crippen molar-refractivity contribution >= 4 is 17.5 Å². The van der Waals surface area contributed by atoms with Crippen molar-refractivity contribution in [2.24, 2.45) is 0 Å². The van der Waals surface area contributed by atoms with Crippen molar-refractivity contribution in [1.82, 2.24) is 9.97 Å². The fourth-order valence-electron chi connectivity index (χ4n) is 2.51. The molecule has 0 aliphatic heterocycles. The quantitative estimate of drug-likeness (QED) is 0.733. The van der Waals surface area contributed by atoms with Gasteiger partial charge < -0.3 is 15.0 Å². The molecule has 1 heterocycles. The minimum atomic E-state index is 0.619. The fraction of sp³-hybridized carbons (Fsp3) is 0.200. The monoisotopic (exact) mass is 334 g/mol. The summed E-state index contributed by atoms with van der Waals surface area (Å²) in [6, 6.07) is 20.1. The average Bonchev–Trinajstić information content (AvgIpc) is 2.66. The number of nitrogens with zero attached hydrogens (tertiary/aromatic N) is 3. The summed E-state index contributed by atoms with van der Waals surface area (Å²) in [5.41, 5.74) is 3.15. The first-order valence-corrected chi connectivity index (χ1v) is 8.17. The van der Waals surface area contributed by atoms with Gasteiger partial charge in [0.15, 0.2) is 0 Å². The zero-order chi connectivity index (χ0) is 17.6. The van der Waals surface area contributed by atoms with Gasteiger partial charge in [0, 0.05) is 31.0 Å². The molecule has 0 spiro atoms. The van der Waals surface area contributed by atoms with Crippen LogP contribution in [0.5, 0.6) is 5.75 Å². The van der Waals surface area contributed by atoms with Crippen LogP contribution in [0.1, 0.15) is 11.3 Å². The fourth-order valence-corrected chi connectivity index (χ4v) is 2.51. The molecule has 1 aromatic heterocycles. The van der Waals surface area contributed by atoms with E-state index in [1.807, 2.05) is 67.4 Å². The largest absolute Gasteiger partial charge is 0.497 e. The first-order valence-electron chi connectivity index (χ1n) is 8.17. The molecule has 0 amide bonds. The van der Waals surface area contributed by atoms with Gasteiger partial charge in [-0.1, -0.05) is 30.3 Å². The van der Waals surface area contributed by atoms with Crippen molar-refractivity contribution in [3.05, 3.63) is 71.9 Å². The van der Waals surface area contributed by atoms with E-state index in [1.54, 1.807) is 7.11 Å². The number of benzene rings is 2. The van der Waals surface area contributed by atoms with Gasteiger partial charge in [-0.3, -0.25) is 0 Å². The van der Waals surface area contributed by atoms with E-state index < -0.39 is 0 Å². The number of para-hydroxylation sites is 1. The second-order valence-corrected chi connectivity index (χ2v) is 5.79. The molecule has 0 aliphatic rings. The normalized spacial score (nSPS) is 10.4. The SMILES string of the molecule is COc1ccc(CNc2nc(C)cc(N(C)c3ccccc3)n2)cc1. The number of aryl methyl sites for hydroxylation is 1. The van der Waals surface area contributed by atoms with Gasteiger partial charge in [-0.2, -0.15) is 4.98 Å². The lowest BCUT2D eigenvalue weighted by atomic mass is 10.2. The van der Waals surface area contributed by atoms with Crippen LogP contribution in [-0.4, -0.2) is 24.1 Å². The third-order valence-electron chi connectivity index (χ3n) is 3.94. The summed E-state index contributed by atoms with van der Waals surface area (Å²) in [5, 5.41) is 3.30. The van der Waals surface area contributed by atoms with E-state index in [2.05, 4.69) is 27.4 Å². The van der Waals surface area contributed by atoms with Crippen molar-refractivity contribution in [2.75, 3.05) is 24.4 Å². The van der Waals surface area contributed by atoms with E-state index in [1.165, 1.54) is 0 Å². The number of anilines is 3. The lowest BCUT2D eigenvalue weighted by molar-refractivity contribution is 0.414. The molecule has 0 saturated heterocycles. The lowest BCUT2D eigenvalue weighted by Gasteiger charge is -2.19. The molecular weight excluding hydrogens is 312 g/mol. The lowest BCUT2D eigenvalue weighted by Crippen LogP contribution is -2.13. The van der Waals surface area contributed by atoms with Crippen LogP contribution < -0.4 is 15.0 Å². The summed E-state index contributed by atoms with van der Waals surface area (Å²) in [7, 11) is 3.67. The molecule has 3 aromatic rings. The number of nitrogens with one attached hydrogen (secondary N) is 1. The van der Waals surface area contributed by atoms with E-state index >= 15 is 0 Å². The number of hydrogen-bond acceptors (Lipinski definition) is 5. The van der Waals surface area contributed by atoms with Gasteiger partial charge in [0.2, 0.25) is 5.95 Å². The minimum Gasteiger partial charge on any atom is -0.497 e. The van der Waals surface area contributed by atoms with Gasteiger partial charge in [-0.25, -0.2) is 4.98 Å². The summed E-state index contributed by atoms with van der Waals surface area (Å²) < 4.78 is 5.18. The van der Waals surface area contributed by atoms with Crippen LogP contribution in [0.3, 0.4) is 0 Å². The summed E-state index contributed by atoms with van der Waals surface area (Å²) in [6.07, 6.45) is 0. The predicted molar refractivity (Wildman–Crippen MR) is 102 cm³/mol. The Morgan fingerprint density at radius 2 is 1.72 bits per heavy atom. The Balaban J connectivity index is 1.74. The maximum absolute atomic E-state index is 5.18. The van der Waals surface area contributed by atoms with Gasteiger partial charge in [0.25, 0.3) is 0 Å². The molecule has 25 heavy (non-hydrogen) atoms. The first-order chi connectivity index (χ1) is 12.2. The van der Waals surface area contributed by atoms with Crippen LogP contribution in [0.15, 0.2) is 60.7 Å². The Bertz CT molecular complexity index is 819. The number of hydrogen-bond donors (Lipinski definition) is 1. The van der Waals surface area contributed by atoms with Gasteiger partial charge in [0.1, 0.15) is 11.6 Å². The molecule has 0 bridgehead atoms. The zero-order valence-electron chi connectivity index (χ0n) is 14.7. The highest BCUT2D eigenvalue weighted by Crippen LogP contribution is 2.23. The molecular formula is C20H22N4O. The molecule has 0 atom stereocenters. The van der Waals surface area contributed by atoms with Crippen molar-refractivity contribution < 1.29 is 4.74 Å². The van der Waals surface area contributed by atoms with Crippen LogP contribution in [0, 0.1) is 6.92 Å². The number of aromatic nitrogens is 2. The Labute approximate surface area is 148 Å². The molecule has 1 N–H and O–H groups in total. The van der Waals surface area contributed by atoms with E-state index in [-0.39, 0.29) is 0 Å². The predicted octanol–water partition coefficient (Wildman–Crippen LogP) is 4.17. The van der Waals surface area contributed by atoms with E-state index in [0.717, 1.165) is 28.5 Å². The average molecular weight is 334 g/mol. The topological polar surface area (TPSA) is 50.3 Å². The smallest absolute Gasteiger partial charge is 0.225 e. The minimum absolute atomic E-state index is 0.619. The maximum Gasteiger partial charge on any atom is 0.225 e. The van der Waals surface area contributed by atoms with Crippen molar-refractivity contribution in [1.29, 1.82) is 0 Å². The van der Waals surface area contributed by atoms with E-state index in [9.17, 15) is 0 Å². The Morgan fingerprint density at radius 1 is 1.00 bits per heavy atom. The maximum atomic E-state index is 5.18. The van der Waals surface area contributed by atoms with Gasteiger partial charge >= 0.3 is 0 Å². The summed E-state index contributed by atoms with van der Waals surface area (Å²) >= 11 is 0. The molecule has 128 valence electrons. The molecule has 3 rings (SSSR count). The first kappa shape index (κ1) is 16.8. The van der Waals surface area contributed by atoms with Crippen molar-refractivity contribution in [3.8, 4) is 5.75 Å². The number of rotatable bonds is 6. The zero-order valence-corrected chi connectivity index (χ0v) is 14.7. The van der Waals surface area contributed by atoms with Gasteiger partial charge in [-0.05, 0) is 36.8 Å². The van der Waals surface area contributed by atoms with Crippen LogP contribution >= 0.6 is 0 Å². The molecule has 0 fully saturated rings. The Kier molecular flexibility index (Phi) is 5.14. The Hall–Kier alpha value is -3.08. The highest BCUT2D eigenvalue weighted by atomic mass is 16.5. The molecule has 5 nitrogen and oxygen atoms in total. The molecule has 2 aromatic carbocycles. The van der Waals surface area contributed by atoms with Gasteiger partial charge in [-0.15, -0.1) is 0 Å². The highest BCUT2D eigenvalue weighted by molar-refractivity contribution is 5.60. The Morgan fingerprint density at radius 3 is 2.40 bits per heavy atom. The molecule has 0 unspecified atom stereocenters. The number of ether oxygens (including phenoxy) is 1. The third kappa shape index (κ3) is 4.26. The second-order valence-electron chi connectivity index (χ2n) is 5.79.